The van der Waals surface area contributed by atoms with Crippen molar-refractivity contribution in [2.24, 2.45) is 0 Å². The van der Waals surface area contributed by atoms with Gasteiger partial charge >= 0.3 is 5.97 Å². The molecule has 0 atom stereocenters. The fourth-order valence-electron chi connectivity index (χ4n) is 1.12. The minimum atomic E-state index is -3.61. The maximum absolute atomic E-state index is 12.0. The number of carbonyl (C=O) groups is 1. The van der Waals surface area contributed by atoms with E-state index in [1.54, 1.807) is 20.8 Å². The number of thiazole rings is 1. The lowest BCUT2D eigenvalue weighted by atomic mass is 10.1. The van der Waals surface area contributed by atoms with Crippen molar-refractivity contribution in [2.75, 3.05) is 5.75 Å². The highest BCUT2D eigenvalue weighted by atomic mass is 32.3. The number of aromatic nitrogens is 1. The third-order valence-corrected chi connectivity index (χ3v) is 6.04. The number of aliphatic carboxylic acids is 1. The van der Waals surface area contributed by atoms with E-state index in [-0.39, 0.29) is 10.8 Å². The molecule has 0 radical (unpaired) electrons. The van der Waals surface area contributed by atoms with Crippen LogP contribution >= 0.6 is 23.1 Å². The van der Waals surface area contributed by atoms with Gasteiger partial charge in [-0.1, -0.05) is 11.3 Å². The number of carboxylic acid groups (broad SMARTS) is 1. The van der Waals surface area contributed by atoms with E-state index in [1.165, 1.54) is 18.0 Å². The predicted octanol–water partition coefficient (Wildman–Crippen LogP) is 1.79. The Morgan fingerprint density at radius 2 is 2.16 bits per heavy atom. The molecule has 0 bridgehead atoms. The molecule has 0 spiro atoms. The summed E-state index contributed by atoms with van der Waals surface area (Å²) in [5.74, 6) is -0.483. The second kappa shape index (κ2) is 6.21. The summed E-state index contributed by atoms with van der Waals surface area (Å²) in [5.41, 5.74) is -0.568. The number of nitrogens with zero attached hydrogens (tertiary/aromatic N) is 1. The molecule has 0 amide bonds. The molecule has 1 heterocycles. The number of hydrogen-bond acceptors (Lipinski definition) is 6. The van der Waals surface area contributed by atoms with E-state index in [2.05, 4.69) is 9.71 Å². The Kier molecular flexibility index (Phi) is 5.36. The minimum absolute atomic E-state index is 0.000231. The van der Waals surface area contributed by atoms with Crippen molar-refractivity contribution in [3.05, 3.63) is 6.20 Å². The fourth-order valence-corrected chi connectivity index (χ4v) is 4.91. The number of rotatable bonds is 6. The van der Waals surface area contributed by atoms with E-state index in [0.29, 0.717) is 9.96 Å². The molecular formula is C10H16N2O4S3. The van der Waals surface area contributed by atoms with Crippen LogP contribution in [0.2, 0.25) is 0 Å². The second-order valence-corrected chi connectivity index (χ2v) is 9.07. The summed E-state index contributed by atoms with van der Waals surface area (Å²) in [6.45, 7) is 5.25. The van der Waals surface area contributed by atoms with E-state index in [1.807, 2.05) is 0 Å². The molecule has 19 heavy (non-hydrogen) atoms. The Morgan fingerprint density at radius 3 is 2.68 bits per heavy atom. The van der Waals surface area contributed by atoms with Crippen LogP contribution < -0.4 is 4.72 Å². The van der Waals surface area contributed by atoms with Gasteiger partial charge < -0.3 is 5.11 Å². The Morgan fingerprint density at radius 1 is 1.53 bits per heavy atom. The van der Waals surface area contributed by atoms with Gasteiger partial charge in [0, 0.05) is 11.3 Å². The zero-order valence-corrected chi connectivity index (χ0v) is 13.3. The topological polar surface area (TPSA) is 96.4 Å². The van der Waals surface area contributed by atoms with Crippen LogP contribution in [0.3, 0.4) is 0 Å². The van der Waals surface area contributed by atoms with Crippen molar-refractivity contribution >= 4 is 39.1 Å². The van der Waals surface area contributed by atoms with Gasteiger partial charge in [-0.05, 0) is 20.8 Å². The highest BCUT2D eigenvalue weighted by Crippen LogP contribution is 2.28. The summed E-state index contributed by atoms with van der Waals surface area (Å²) < 4.78 is 27.2. The molecule has 1 aromatic rings. The standard InChI is InChI=1S/C10H16N2O4S3/c1-10(2,3)12-19(15,16)9-11-6-8(18-9)17-5-4-7(13)14/h6,12H,4-5H2,1-3H3,(H,13,14). The van der Waals surface area contributed by atoms with Gasteiger partial charge in [0.25, 0.3) is 10.0 Å². The molecule has 0 saturated heterocycles. The smallest absolute Gasteiger partial charge is 0.304 e. The van der Waals surface area contributed by atoms with Gasteiger partial charge in [-0.3, -0.25) is 4.79 Å². The summed E-state index contributed by atoms with van der Waals surface area (Å²) in [6.07, 6.45) is 1.49. The molecule has 6 nitrogen and oxygen atoms in total. The predicted molar refractivity (Wildman–Crippen MR) is 75.2 cm³/mol. The van der Waals surface area contributed by atoms with Crippen LogP contribution in [0.5, 0.6) is 0 Å². The SMILES string of the molecule is CC(C)(C)NS(=O)(=O)c1ncc(SCCC(=O)O)s1. The average Bonchev–Trinajstić information content (AvgIpc) is 2.62. The van der Waals surface area contributed by atoms with E-state index >= 15 is 0 Å². The molecule has 0 aromatic carbocycles. The van der Waals surface area contributed by atoms with Crippen LogP contribution in [-0.4, -0.2) is 35.8 Å². The van der Waals surface area contributed by atoms with Crippen molar-refractivity contribution in [3.63, 3.8) is 0 Å². The molecule has 0 fully saturated rings. The molecule has 1 aromatic heterocycles. The lowest BCUT2D eigenvalue weighted by Crippen LogP contribution is -2.40. The third kappa shape index (κ3) is 5.89. The van der Waals surface area contributed by atoms with Crippen molar-refractivity contribution in [2.45, 2.75) is 41.3 Å². The van der Waals surface area contributed by atoms with Crippen molar-refractivity contribution in [1.29, 1.82) is 0 Å². The first-order valence-corrected chi connectivity index (χ1v) is 8.73. The van der Waals surface area contributed by atoms with Crippen LogP contribution in [0, 0.1) is 0 Å². The summed E-state index contributed by atoms with van der Waals surface area (Å²) in [7, 11) is -3.61. The first-order valence-electron chi connectivity index (χ1n) is 5.44. The maximum Gasteiger partial charge on any atom is 0.304 e. The third-order valence-electron chi connectivity index (χ3n) is 1.69. The number of nitrogens with one attached hydrogen (secondary N) is 1. The zero-order chi connectivity index (χ0) is 14.7. The van der Waals surface area contributed by atoms with Crippen LogP contribution in [0.4, 0.5) is 0 Å². The van der Waals surface area contributed by atoms with Crippen molar-refractivity contribution < 1.29 is 18.3 Å². The number of thioether (sulfide) groups is 1. The molecule has 2 N–H and O–H groups in total. The molecule has 0 aliphatic carbocycles. The zero-order valence-electron chi connectivity index (χ0n) is 10.8. The highest BCUT2D eigenvalue weighted by molar-refractivity contribution is 8.01. The molecule has 9 heteroatoms. The van der Waals surface area contributed by atoms with E-state index in [4.69, 9.17) is 5.11 Å². The van der Waals surface area contributed by atoms with Gasteiger partial charge in [0.2, 0.25) is 4.34 Å². The van der Waals surface area contributed by atoms with Crippen molar-refractivity contribution in [3.8, 4) is 0 Å². The van der Waals surface area contributed by atoms with Crippen LogP contribution in [0.15, 0.2) is 14.7 Å². The monoisotopic (exact) mass is 324 g/mol. The van der Waals surface area contributed by atoms with Gasteiger partial charge in [-0.2, -0.15) is 0 Å². The Hall–Kier alpha value is -0.640. The van der Waals surface area contributed by atoms with Gasteiger partial charge in [0.1, 0.15) is 0 Å². The first kappa shape index (κ1) is 16.4. The number of carboxylic acids is 1. The largest absolute Gasteiger partial charge is 0.481 e. The van der Waals surface area contributed by atoms with Gasteiger partial charge in [0.05, 0.1) is 16.8 Å². The Labute approximate surface area is 120 Å². The molecule has 0 aliphatic heterocycles. The lowest BCUT2D eigenvalue weighted by Gasteiger charge is -2.18. The Balaban J connectivity index is 2.71. The van der Waals surface area contributed by atoms with Gasteiger partial charge in [-0.15, -0.1) is 11.8 Å². The molecule has 108 valence electrons. The lowest BCUT2D eigenvalue weighted by molar-refractivity contribution is -0.136. The van der Waals surface area contributed by atoms with Crippen molar-refractivity contribution in [1.82, 2.24) is 9.71 Å². The highest BCUT2D eigenvalue weighted by Gasteiger charge is 2.25. The molecule has 1 rings (SSSR count). The minimum Gasteiger partial charge on any atom is -0.481 e. The van der Waals surface area contributed by atoms with Crippen LogP contribution in [0.25, 0.3) is 0 Å². The fraction of sp³-hybridized carbons (Fsp3) is 0.600. The molecule has 0 saturated carbocycles. The molecule has 0 aliphatic rings. The first-order chi connectivity index (χ1) is 8.60. The van der Waals surface area contributed by atoms with E-state index in [0.717, 1.165) is 11.3 Å². The number of sulfonamides is 1. The molecular weight excluding hydrogens is 308 g/mol. The number of hydrogen-bond donors (Lipinski definition) is 2. The van der Waals surface area contributed by atoms with Gasteiger partial charge in [-0.25, -0.2) is 18.1 Å². The van der Waals surface area contributed by atoms with Crippen LogP contribution in [0.1, 0.15) is 27.2 Å². The van der Waals surface area contributed by atoms with E-state index in [9.17, 15) is 13.2 Å². The Bertz CT molecular complexity index is 545. The summed E-state index contributed by atoms with van der Waals surface area (Å²) in [6, 6.07) is 0. The average molecular weight is 324 g/mol. The maximum atomic E-state index is 12.0. The normalized spacial score (nSPS) is 12.6. The summed E-state index contributed by atoms with van der Waals surface area (Å²) in [4.78, 5) is 14.2. The van der Waals surface area contributed by atoms with Crippen LogP contribution in [-0.2, 0) is 14.8 Å². The summed E-state index contributed by atoms with van der Waals surface area (Å²) in [5, 5.41) is 8.52. The summed E-state index contributed by atoms with van der Waals surface area (Å²) >= 11 is 2.33. The quantitative estimate of drug-likeness (QED) is 0.774. The molecule has 0 unspecified atom stereocenters. The van der Waals surface area contributed by atoms with E-state index < -0.39 is 21.5 Å². The van der Waals surface area contributed by atoms with Gasteiger partial charge in [0.15, 0.2) is 0 Å². The second-order valence-electron chi connectivity index (χ2n) is 4.79.